The van der Waals surface area contributed by atoms with Crippen molar-refractivity contribution >= 4 is 27.6 Å². The van der Waals surface area contributed by atoms with Crippen molar-refractivity contribution in [2.75, 3.05) is 30.1 Å². The minimum absolute atomic E-state index is 0.194. The molecule has 0 radical (unpaired) electrons. The summed E-state index contributed by atoms with van der Waals surface area (Å²) < 4.78 is 27.3. The predicted octanol–water partition coefficient (Wildman–Crippen LogP) is 1.93. The minimum Gasteiger partial charge on any atom is -0.494 e. The van der Waals surface area contributed by atoms with E-state index in [1.54, 1.807) is 23.9 Å². The predicted molar refractivity (Wildman–Crippen MR) is 80.5 cm³/mol. The van der Waals surface area contributed by atoms with Gasteiger partial charge in [0, 0.05) is 12.0 Å². The van der Waals surface area contributed by atoms with Crippen LogP contribution in [-0.2, 0) is 9.84 Å². The molecule has 0 aromatic heterocycles. The van der Waals surface area contributed by atoms with E-state index < -0.39 is 15.8 Å². The van der Waals surface area contributed by atoms with Crippen LogP contribution in [0.5, 0.6) is 5.75 Å². The quantitative estimate of drug-likeness (QED) is 0.701. The Kier molecular flexibility index (Phi) is 6.87. The smallest absolute Gasteiger partial charge is 0.335 e. The summed E-state index contributed by atoms with van der Waals surface area (Å²) in [5.74, 6) is 1.15. The van der Waals surface area contributed by atoms with Crippen molar-refractivity contribution in [3.63, 3.8) is 0 Å². The van der Waals surface area contributed by atoms with E-state index in [9.17, 15) is 13.2 Å². The number of rotatable bonds is 9. The molecule has 0 amide bonds. The van der Waals surface area contributed by atoms with Gasteiger partial charge in [-0.1, -0.05) is 6.07 Å². The highest BCUT2D eigenvalue weighted by molar-refractivity contribution is 8.00. The highest BCUT2D eigenvalue weighted by Crippen LogP contribution is 2.14. The van der Waals surface area contributed by atoms with Gasteiger partial charge in [-0.2, -0.15) is 11.8 Å². The van der Waals surface area contributed by atoms with Crippen LogP contribution >= 0.6 is 11.8 Å². The highest BCUT2D eigenvalue weighted by Gasteiger charge is 2.04. The highest BCUT2D eigenvalue weighted by atomic mass is 32.2. The van der Waals surface area contributed by atoms with Crippen molar-refractivity contribution in [3.05, 3.63) is 29.8 Å². The summed E-state index contributed by atoms with van der Waals surface area (Å²) in [5, 5.41) is 8.84. The number of hydrogen-bond acceptors (Lipinski definition) is 5. The van der Waals surface area contributed by atoms with Crippen LogP contribution in [-0.4, -0.2) is 49.6 Å². The molecule has 1 aromatic carbocycles. The van der Waals surface area contributed by atoms with Gasteiger partial charge >= 0.3 is 5.97 Å². The third-order valence-corrected chi connectivity index (χ3v) is 4.66. The van der Waals surface area contributed by atoms with Gasteiger partial charge in [-0.25, -0.2) is 13.2 Å². The molecule has 0 spiro atoms. The average molecular weight is 318 g/mol. The van der Waals surface area contributed by atoms with Crippen molar-refractivity contribution in [1.29, 1.82) is 0 Å². The average Bonchev–Trinajstić information content (AvgIpc) is 2.36. The second kappa shape index (κ2) is 8.16. The molecular formula is C13H18O5S2. The van der Waals surface area contributed by atoms with Crippen LogP contribution in [0.4, 0.5) is 0 Å². The molecule has 0 saturated carbocycles. The maximum atomic E-state index is 10.9. The normalized spacial score (nSPS) is 11.2. The summed E-state index contributed by atoms with van der Waals surface area (Å²) in [6.45, 7) is 0.481. The number of ether oxygens (including phenoxy) is 1. The Morgan fingerprint density at radius 1 is 1.35 bits per heavy atom. The molecule has 7 heteroatoms. The first-order valence-corrected chi connectivity index (χ1v) is 9.31. The molecule has 0 aliphatic carbocycles. The van der Waals surface area contributed by atoms with Crippen LogP contribution in [0.3, 0.4) is 0 Å². The number of carboxylic acids is 1. The fourth-order valence-electron chi connectivity index (χ4n) is 1.38. The summed E-state index contributed by atoms with van der Waals surface area (Å²) in [5.41, 5.74) is 0.199. The Morgan fingerprint density at radius 2 is 2.10 bits per heavy atom. The Labute approximate surface area is 123 Å². The maximum Gasteiger partial charge on any atom is 0.335 e. The molecule has 0 atom stereocenters. The number of carbonyl (C=O) groups is 1. The van der Waals surface area contributed by atoms with Crippen molar-refractivity contribution < 1.29 is 23.1 Å². The molecule has 0 saturated heterocycles. The Bertz CT molecular complexity index is 539. The Morgan fingerprint density at radius 3 is 2.75 bits per heavy atom. The first-order chi connectivity index (χ1) is 9.38. The molecule has 0 fully saturated rings. The lowest BCUT2D eigenvalue weighted by atomic mass is 10.2. The number of benzene rings is 1. The minimum atomic E-state index is -2.88. The Balaban J connectivity index is 2.18. The topological polar surface area (TPSA) is 80.7 Å². The van der Waals surface area contributed by atoms with Gasteiger partial charge in [-0.15, -0.1) is 0 Å². The van der Waals surface area contributed by atoms with E-state index in [2.05, 4.69) is 0 Å². The molecular weight excluding hydrogens is 300 g/mol. The van der Waals surface area contributed by atoms with Crippen molar-refractivity contribution in [1.82, 2.24) is 0 Å². The summed E-state index contributed by atoms with van der Waals surface area (Å²) in [7, 11) is -2.88. The summed E-state index contributed by atoms with van der Waals surface area (Å²) >= 11 is 1.57. The van der Waals surface area contributed by atoms with E-state index >= 15 is 0 Å². The third-order valence-electron chi connectivity index (χ3n) is 2.38. The zero-order valence-electron chi connectivity index (χ0n) is 11.2. The van der Waals surface area contributed by atoms with Gasteiger partial charge in [0.1, 0.15) is 15.6 Å². The van der Waals surface area contributed by atoms with Gasteiger partial charge in [0.2, 0.25) is 0 Å². The molecule has 0 aliphatic rings. The SMILES string of the molecule is CS(=O)(=O)CCSCCCOc1cccc(C(=O)O)c1. The van der Waals surface area contributed by atoms with Crippen molar-refractivity contribution in [3.8, 4) is 5.75 Å². The van der Waals surface area contributed by atoms with Crippen molar-refractivity contribution in [2.24, 2.45) is 0 Å². The molecule has 5 nitrogen and oxygen atoms in total. The molecule has 1 N–H and O–H groups in total. The number of carboxylic acid groups (broad SMARTS) is 1. The van der Waals surface area contributed by atoms with Gasteiger partial charge in [-0.3, -0.25) is 0 Å². The van der Waals surface area contributed by atoms with Crippen LogP contribution < -0.4 is 4.74 Å². The van der Waals surface area contributed by atoms with E-state index in [4.69, 9.17) is 9.84 Å². The fraction of sp³-hybridized carbons (Fsp3) is 0.462. The van der Waals surface area contributed by atoms with Gasteiger partial charge in [0.05, 0.1) is 17.9 Å². The molecule has 0 unspecified atom stereocenters. The van der Waals surface area contributed by atoms with E-state index in [1.807, 2.05) is 0 Å². The van der Waals surface area contributed by atoms with Gasteiger partial charge in [0.25, 0.3) is 0 Å². The first kappa shape index (κ1) is 16.8. The number of hydrogen-bond donors (Lipinski definition) is 1. The van der Waals surface area contributed by atoms with Crippen LogP contribution in [0.25, 0.3) is 0 Å². The standard InChI is InChI=1S/C13H18O5S2/c1-20(16,17)9-8-19-7-3-6-18-12-5-2-4-11(10-12)13(14)15/h2,4-5,10H,3,6-9H2,1H3,(H,14,15). The molecule has 1 aromatic rings. The maximum absolute atomic E-state index is 10.9. The van der Waals surface area contributed by atoms with Crippen LogP contribution in [0.2, 0.25) is 0 Å². The summed E-state index contributed by atoms with van der Waals surface area (Å²) in [6, 6.07) is 6.35. The van der Waals surface area contributed by atoms with Crippen LogP contribution in [0.15, 0.2) is 24.3 Å². The lowest BCUT2D eigenvalue weighted by Crippen LogP contribution is -2.06. The lowest BCUT2D eigenvalue weighted by Gasteiger charge is -2.06. The van der Waals surface area contributed by atoms with Crippen LogP contribution in [0.1, 0.15) is 16.8 Å². The lowest BCUT2D eigenvalue weighted by molar-refractivity contribution is 0.0696. The largest absolute Gasteiger partial charge is 0.494 e. The van der Waals surface area contributed by atoms with E-state index in [-0.39, 0.29) is 11.3 Å². The number of thioether (sulfide) groups is 1. The monoisotopic (exact) mass is 318 g/mol. The second-order valence-corrected chi connectivity index (χ2v) is 7.76. The number of sulfone groups is 1. The van der Waals surface area contributed by atoms with E-state index in [0.29, 0.717) is 18.1 Å². The van der Waals surface area contributed by atoms with Crippen LogP contribution in [0, 0.1) is 0 Å². The molecule has 0 bridgehead atoms. The summed E-state index contributed by atoms with van der Waals surface area (Å²) in [6.07, 6.45) is 2.01. The third kappa shape index (κ3) is 7.40. The molecule has 0 heterocycles. The van der Waals surface area contributed by atoms with Gasteiger partial charge < -0.3 is 9.84 Å². The Hall–Kier alpha value is -1.21. The fourth-order valence-corrected chi connectivity index (χ4v) is 3.59. The van der Waals surface area contributed by atoms with Crippen molar-refractivity contribution in [2.45, 2.75) is 6.42 Å². The van der Waals surface area contributed by atoms with Gasteiger partial charge in [0.15, 0.2) is 0 Å². The van der Waals surface area contributed by atoms with E-state index in [1.165, 1.54) is 18.4 Å². The molecule has 112 valence electrons. The molecule has 1 rings (SSSR count). The molecule has 0 aliphatic heterocycles. The van der Waals surface area contributed by atoms with E-state index in [0.717, 1.165) is 12.2 Å². The second-order valence-electron chi connectivity index (χ2n) is 4.28. The zero-order valence-corrected chi connectivity index (χ0v) is 12.9. The van der Waals surface area contributed by atoms with Gasteiger partial charge in [-0.05, 0) is 30.4 Å². The molecule has 20 heavy (non-hydrogen) atoms. The number of aromatic carboxylic acids is 1. The summed E-state index contributed by atoms with van der Waals surface area (Å²) in [4.78, 5) is 10.8. The zero-order chi connectivity index (χ0) is 15.0. The first-order valence-electron chi connectivity index (χ1n) is 6.10.